The molecule has 1 aliphatic heterocycles. The van der Waals surface area contributed by atoms with E-state index in [4.69, 9.17) is 9.47 Å². The zero-order chi connectivity index (χ0) is 19.3. The van der Waals surface area contributed by atoms with E-state index in [1.54, 1.807) is 0 Å². The van der Waals surface area contributed by atoms with Crippen molar-refractivity contribution in [2.75, 3.05) is 25.1 Å². The molecule has 0 spiro atoms. The van der Waals surface area contributed by atoms with Crippen molar-refractivity contribution < 1.29 is 14.3 Å². The molecule has 0 fully saturated rings. The van der Waals surface area contributed by atoms with Crippen LogP contribution >= 0.6 is 0 Å². The van der Waals surface area contributed by atoms with Gasteiger partial charge in [-0.05, 0) is 41.5 Å². The molecule has 1 amide bonds. The van der Waals surface area contributed by atoms with Crippen LogP contribution in [0.1, 0.15) is 24.9 Å². The first-order valence-corrected chi connectivity index (χ1v) is 9.60. The average Bonchev–Trinajstić information content (AvgIpc) is 2.96. The fraction of sp³-hybridized carbons (Fsp3) is 0.261. The molecule has 0 saturated heterocycles. The second-order valence-corrected chi connectivity index (χ2v) is 6.97. The molecule has 0 bridgehead atoms. The Kier molecular flexibility index (Phi) is 5.44. The van der Waals surface area contributed by atoms with Gasteiger partial charge in [-0.3, -0.25) is 4.79 Å². The lowest BCUT2D eigenvalue weighted by Crippen LogP contribution is -2.30. The summed E-state index contributed by atoms with van der Waals surface area (Å²) in [7, 11) is 0. The van der Waals surface area contributed by atoms with Crippen molar-refractivity contribution in [3.8, 4) is 11.5 Å². The molecule has 2 N–H and O–H groups in total. The van der Waals surface area contributed by atoms with Crippen molar-refractivity contribution in [2.24, 2.45) is 0 Å². The van der Waals surface area contributed by atoms with Crippen LogP contribution in [0, 0.1) is 0 Å². The largest absolute Gasteiger partial charge is 0.490 e. The molecule has 0 aliphatic carbocycles. The van der Waals surface area contributed by atoms with Gasteiger partial charge >= 0.3 is 0 Å². The van der Waals surface area contributed by atoms with Crippen molar-refractivity contribution >= 4 is 22.4 Å². The van der Waals surface area contributed by atoms with Crippen LogP contribution in [0.3, 0.4) is 0 Å². The Morgan fingerprint density at radius 3 is 2.61 bits per heavy atom. The van der Waals surface area contributed by atoms with E-state index in [1.165, 1.54) is 10.8 Å². The molecule has 28 heavy (non-hydrogen) atoms. The Balaban J connectivity index is 1.35. The van der Waals surface area contributed by atoms with Crippen molar-refractivity contribution in [3.05, 3.63) is 66.2 Å². The molecule has 0 unspecified atom stereocenters. The number of carbonyl (C=O) groups is 1. The minimum atomic E-state index is -0.0953. The van der Waals surface area contributed by atoms with E-state index in [9.17, 15) is 4.79 Å². The lowest BCUT2D eigenvalue weighted by molar-refractivity contribution is -0.115. The maximum Gasteiger partial charge on any atom is 0.238 e. The predicted octanol–water partition coefficient (Wildman–Crippen LogP) is 4.29. The fourth-order valence-corrected chi connectivity index (χ4v) is 3.29. The van der Waals surface area contributed by atoms with Crippen molar-refractivity contribution in [1.82, 2.24) is 5.32 Å². The highest BCUT2D eigenvalue weighted by Crippen LogP contribution is 2.32. The summed E-state index contributed by atoms with van der Waals surface area (Å²) in [5, 5.41) is 8.61. The molecule has 4 rings (SSSR count). The molecule has 0 radical (unpaired) electrons. The smallest absolute Gasteiger partial charge is 0.238 e. The summed E-state index contributed by atoms with van der Waals surface area (Å²) in [4.78, 5) is 12.4. The molecule has 0 aromatic heterocycles. The number of fused-ring (bicyclic) bond motifs is 2. The zero-order valence-electron chi connectivity index (χ0n) is 15.9. The van der Waals surface area contributed by atoms with Gasteiger partial charge in [0, 0.05) is 24.2 Å². The van der Waals surface area contributed by atoms with Gasteiger partial charge in [0.05, 0.1) is 19.8 Å². The second kappa shape index (κ2) is 8.31. The molecule has 3 aromatic rings. The normalized spacial score (nSPS) is 14.3. The first kappa shape index (κ1) is 18.3. The van der Waals surface area contributed by atoms with Crippen molar-refractivity contribution in [1.29, 1.82) is 0 Å². The molecule has 3 aromatic carbocycles. The van der Waals surface area contributed by atoms with E-state index in [0.717, 1.165) is 17.7 Å². The van der Waals surface area contributed by atoms with Crippen LogP contribution in [-0.4, -0.2) is 25.7 Å². The monoisotopic (exact) mass is 376 g/mol. The van der Waals surface area contributed by atoms with E-state index >= 15 is 0 Å². The molecule has 5 heteroatoms. The van der Waals surface area contributed by atoms with E-state index in [1.807, 2.05) is 30.3 Å². The third-order valence-electron chi connectivity index (χ3n) is 4.87. The standard InChI is InChI=1S/C23H24N2O3/c1-16(18-8-7-17-5-2-3-6-19(17)13-18)24-15-23(26)25-20-9-10-21-22(14-20)28-12-4-11-27-21/h2-3,5-10,13-14,16,24H,4,11-12,15H2,1H3,(H,25,26)/t16-/m0/s1. The topological polar surface area (TPSA) is 59.6 Å². The first-order valence-electron chi connectivity index (χ1n) is 9.60. The van der Waals surface area contributed by atoms with Gasteiger partial charge in [0.1, 0.15) is 0 Å². The fourth-order valence-electron chi connectivity index (χ4n) is 3.29. The average molecular weight is 376 g/mol. The summed E-state index contributed by atoms with van der Waals surface area (Å²) < 4.78 is 11.3. The van der Waals surface area contributed by atoms with Gasteiger partial charge in [-0.2, -0.15) is 0 Å². The van der Waals surface area contributed by atoms with Crippen LogP contribution in [0.15, 0.2) is 60.7 Å². The Morgan fingerprint density at radius 2 is 1.75 bits per heavy atom. The summed E-state index contributed by atoms with van der Waals surface area (Å²) >= 11 is 0. The number of rotatable bonds is 5. The van der Waals surface area contributed by atoms with E-state index in [-0.39, 0.29) is 18.5 Å². The molecule has 0 saturated carbocycles. The van der Waals surface area contributed by atoms with Gasteiger partial charge in [0.2, 0.25) is 5.91 Å². The Hall–Kier alpha value is -3.05. The highest BCUT2D eigenvalue weighted by atomic mass is 16.5. The van der Waals surface area contributed by atoms with Crippen LogP contribution < -0.4 is 20.1 Å². The van der Waals surface area contributed by atoms with Gasteiger partial charge in [-0.25, -0.2) is 0 Å². The van der Waals surface area contributed by atoms with Crippen molar-refractivity contribution in [3.63, 3.8) is 0 Å². The zero-order valence-corrected chi connectivity index (χ0v) is 15.9. The third kappa shape index (κ3) is 4.26. The summed E-state index contributed by atoms with van der Waals surface area (Å²) in [6, 6.07) is 20.2. The van der Waals surface area contributed by atoms with Crippen molar-refractivity contribution in [2.45, 2.75) is 19.4 Å². The number of hydrogen-bond donors (Lipinski definition) is 2. The predicted molar refractivity (Wildman–Crippen MR) is 111 cm³/mol. The van der Waals surface area contributed by atoms with Crippen LogP contribution in [0.4, 0.5) is 5.69 Å². The molecule has 1 aliphatic rings. The molecule has 5 nitrogen and oxygen atoms in total. The van der Waals surface area contributed by atoms with Crippen LogP contribution in [0.5, 0.6) is 11.5 Å². The minimum absolute atomic E-state index is 0.0686. The van der Waals surface area contributed by atoms with Crippen LogP contribution in [0.2, 0.25) is 0 Å². The minimum Gasteiger partial charge on any atom is -0.490 e. The van der Waals surface area contributed by atoms with E-state index in [2.05, 4.69) is 47.9 Å². The Bertz CT molecular complexity index is 986. The molecular weight excluding hydrogens is 352 g/mol. The maximum atomic E-state index is 12.4. The number of nitrogens with one attached hydrogen (secondary N) is 2. The van der Waals surface area contributed by atoms with Gasteiger partial charge in [-0.15, -0.1) is 0 Å². The summed E-state index contributed by atoms with van der Waals surface area (Å²) in [5.41, 5.74) is 1.86. The number of anilines is 1. The van der Waals surface area contributed by atoms with E-state index in [0.29, 0.717) is 24.7 Å². The van der Waals surface area contributed by atoms with Gasteiger partial charge in [0.15, 0.2) is 11.5 Å². The number of benzene rings is 3. The third-order valence-corrected chi connectivity index (χ3v) is 4.87. The van der Waals surface area contributed by atoms with E-state index < -0.39 is 0 Å². The number of carbonyl (C=O) groups excluding carboxylic acids is 1. The highest BCUT2D eigenvalue weighted by Gasteiger charge is 2.13. The number of hydrogen-bond acceptors (Lipinski definition) is 4. The molecule has 1 atom stereocenters. The van der Waals surface area contributed by atoms with Crippen LogP contribution in [0.25, 0.3) is 10.8 Å². The Morgan fingerprint density at radius 1 is 0.964 bits per heavy atom. The SMILES string of the molecule is C[C@H](NCC(=O)Nc1ccc2c(c1)OCCCO2)c1ccc2ccccc2c1. The highest BCUT2D eigenvalue weighted by molar-refractivity contribution is 5.92. The summed E-state index contributed by atoms with van der Waals surface area (Å²) in [6.07, 6.45) is 0.854. The lowest BCUT2D eigenvalue weighted by atomic mass is 10.0. The molecule has 144 valence electrons. The summed E-state index contributed by atoms with van der Waals surface area (Å²) in [6.45, 7) is 3.55. The summed E-state index contributed by atoms with van der Waals surface area (Å²) in [5.74, 6) is 1.30. The van der Waals surface area contributed by atoms with Gasteiger partial charge in [-0.1, -0.05) is 36.4 Å². The maximum absolute atomic E-state index is 12.4. The second-order valence-electron chi connectivity index (χ2n) is 6.97. The number of ether oxygens (including phenoxy) is 2. The number of amides is 1. The molecular formula is C23H24N2O3. The first-order chi connectivity index (χ1) is 13.7. The van der Waals surface area contributed by atoms with Crippen LogP contribution in [-0.2, 0) is 4.79 Å². The van der Waals surface area contributed by atoms with Gasteiger partial charge < -0.3 is 20.1 Å². The van der Waals surface area contributed by atoms with Gasteiger partial charge in [0.25, 0.3) is 0 Å². The quantitative estimate of drug-likeness (QED) is 0.697. The molecule has 1 heterocycles. The lowest BCUT2D eigenvalue weighted by Gasteiger charge is -2.15. The Labute approximate surface area is 164 Å².